The van der Waals surface area contributed by atoms with E-state index < -0.39 is 5.97 Å². The predicted octanol–water partition coefficient (Wildman–Crippen LogP) is -0.613. The van der Waals surface area contributed by atoms with Crippen LogP contribution in [-0.4, -0.2) is 35.5 Å². The minimum absolute atomic E-state index is 0.114. The van der Waals surface area contributed by atoms with Crippen LogP contribution < -0.4 is 16.2 Å². The first kappa shape index (κ1) is 14.4. The largest absolute Gasteiger partial charge is 0.481 e. The van der Waals surface area contributed by atoms with Crippen molar-refractivity contribution >= 4 is 17.8 Å². The van der Waals surface area contributed by atoms with Crippen molar-refractivity contribution < 1.29 is 19.5 Å². The fraction of sp³-hybridized carbons (Fsp3) is 0.727. The summed E-state index contributed by atoms with van der Waals surface area (Å²) in [6.45, 7) is 1.42. The van der Waals surface area contributed by atoms with E-state index in [1.165, 1.54) is 6.92 Å². The number of rotatable bonds is 4. The first-order chi connectivity index (χ1) is 8.49. The Morgan fingerprint density at radius 3 is 2.22 bits per heavy atom. The van der Waals surface area contributed by atoms with Crippen molar-refractivity contribution in [3.05, 3.63) is 0 Å². The minimum Gasteiger partial charge on any atom is -0.481 e. The molecule has 2 amide bonds. The number of carbonyl (C=O) groups excluding carboxylic acids is 2. The van der Waals surface area contributed by atoms with E-state index in [4.69, 9.17) is 5.11 Å². The highest BCUT2D eigenvalue weighted by Crippen LogP contribution is 2.24. The van der Waals surface area contributed by atoms with Crippen LogP contribution in [0.2, 0.25) is 0 Å². The molecule has 102 valence electrons. The molecule has 0 aromatic carbocycles. The lowest BCUT2D eigenvalue weighted by molar-refractivity contribution is -0.143. The van der Waals surface area contributed by atoms with Gasteiger partial charge in [-0.3, -0.25) is 25.2 Å². The van der Waals surface area contributed by atoms with Crippen molar-refractivity contribution in [1.82, 2.24) is 16.2 Å². The van der Waals surface area contributed by atoms with E-state index in [9.17, 15) is 14.4 Å². The highest BCUT2D eigenvalue weighted by Gasteiger charge is 2.25. The van der Waals surface area contributed by atoms with Crippen molar-refractivity contribution in [2.75, 3.05) is 6.54 Å². The van der Waals surface area contributed by atoms with Gasteiger partial charge < -0.3 is 10.4 Å². The van der Waals surface area contributed by atoms with Gasteiger partial charge in [0.05, 0.1) is 12.5 Å². The van der Waals surface area contributed by atoms with Crippen LogP contribution in [0.15, 0.2) is 0 Å². The number of amides is 2. The van der Waals surface area contributed by atoms with Gasteiger partial charge >= 0.3 is 5.97 Å². The number of aliphatic carboxylic acids is 1. The Morgan fingerprint density at radius 1 is 1.11 bits per heavy atom. The van der Waals surface area contributed by atoms with E-state index in [0.717, 1.165) is 12.8 Å². The highest BCUT2D eigenvalue weighted by atomic mass is 16.4. The maximum Gasteiger partial charge on any atom is 0.306 e. The third-order valence-corrected chi connectivity index (χ3v) is 3.01. The van der Waals surface area contributed by atoms with E-state index in [1.54, 1.807) is 0 Å². The van der Waals surface area contributed by atoms with Crippen molar-refractivity contribution in [2.24, 2.45) is 5.92 Å². The molecule has 1 fully saturated rings. The SMILES string of the molecule is CC(=O)NNC(=O)CNC1CCC(C(=O)O)CC1. The van der Waals surface area contributed by atoms with Gasteiger partial charge in [-0.2, -0.15) is 0 Å². The molecule has 0 bridgehead atoms. The van der Waals surface area contributed by atoms with Crippen LogP contribution in [0.3, 0.4) is 0 Å². The summed E-state index contributed by atoms with van der Waals surface area (Å²) in [4.78, 5) is 32.6. The standard InChI is InChI=1S/C11H19N3O4/c1-7(15)13-14-10(16)6-12-9-4-2-8(3-5-9)11(17)18/h8-9,12H,2-6H2,1H3,(H,13,15)(H,14,16)(H,17,18). The van der Waals surface area contributed by atoms with Crippen LogP contribution in [0, 0.1) is 5.92 Å². The second kappa shape index (κ2) is 6.95. The van der Waals surface area contributed by atoms with Gasteiger partial charge in [-0.1, -0.05) is 0 Å². The van der Waals surface area contributed by atoms with Crippen molar-refractivity contribution in [3.63, 3.8) is 0 Å². The van der Waals surface area contributed by atoms with Crippen molar-refractivity contribution in [3.8, 4) is 0 Å². The summed E-state index contributed by atoms with van der Waals surface area (Å²) < 4.78 is 0. The summed E-state index contributed by atoms with van der Waals surface area (Å²) in [5, 5.41) is 11.9. The lowest BCUT2D eigenvalue weighted by Crippen LogP contribution is -2.47. The lowest BCUT2D eigenvalue weighted by atomic mass is 9.86. The molecule has 0 saturated heterocycles. The van der Waals surface area contributed by atoms with E-state index in [-0.39, 0.29) is 30.3 Å². The normalized spacial score (nSPS) is 23.2. The van der Waals surface area contributed by atoms with Crippen LogP contribution in [0.1, 0.15) is 32.6 Å². The number of hydrazine groups is 1. The van der Waals surface area contributed by atoms with E-state index in [0.29, 0.717) is 12.8 Å². The molecule has 1 saturated carbocycles. The number of hydrogen-bond donors (Lipinski definition) is 4. The molecule has 0 heterocycles. The van der Waals surface area contributed by atoms with Crippen LogP contribution in [0.25, 0.3) is 0 Å². The molecule has 18 heavy (non-hydrogen) atoms. The van der Waals surface area contributed by atoms with Gasteiger partial charge in [0.15, 0.2) is 0 Å². The van der Waals surface area contributed by atoms with Gasteiger partial charge in [-0.25, -0.2) is 0 Å². The third-order valence-electron chi connectivity index (χ3n) is 3.01. The molecule has 0 atom stereocenters. The zero-order valence-electron chi connectivity index (χ0n) is 10.4. The molecule has 0 aliphatic heterocycles. The van der Waals surface area contributed by atoms with E-state index >= 15 is 0 Å². The van der Waals surface area contributed by atoms with Gasteiger partial charge in [0.25, 0.3) is 5.91 Å². The molecule has 0 spiro atoms. The molecule has 4 N–H and O–H groups in total. The summed E-state index contributed by atoms with van der Waals surface area (Å²) >= 11 is 0. The lowest BCUT2D eigenvalue weighted by Gasteiger charge is -2.26. The zero-order valence-corrected chi connectivity index (χ0v) is 10.4. The fourth-order valence-electron chi connectivity index (χ4n) is 1.98. The average molecular weight is 257 g/mol. The molecule has 0 unspecified atom stereocenters. The Bertz CT molecular complexity index is 324. The molecule has 1 rings (SSSR count). The number of carbonyl (C=O) groups is 3. The Balaban J connectivity index is 2.15. The molecule has 7 nitrogen and oxygen atoms in total. The van der Waals surface area contributed by atoms with Gasteiger partial charge in [-0.15, -0.1) is 0 Å². The summed E-state index contributed by atoms with van der Waals surface area (Å²) in [6, 6.07) is 0.170. The molecule has 1 aliphatic carbocycles. The maximum absolute atomic E-state index is 11.3. The molecular formula is C11H19N3O4. The quantitative estimate of drug-likeness (QED) is 0.502. The van der Waals surface area contributed by atoms with Gasteiger partial charge in [0, 0.05) is 13.0 Å². The molecule has 0 aromatic rings. The fourth-order valence-corrected chi connectivity index (χ4v) is 1.98. The maximum atomic E-state index is 11.3. The van der Waals surface area contributed by atoms with Crippen LogP contribution in [-0.2, 0) is 14.4 Å². The second-order valence-corrected chi connectivity index (χ2v) is 4.50. The molecular weight excluding hydrogens is 238 g/mol. The molecule has 0 aromatic heterocycles. The number of carboxylic acids is 1. The topological polar surface area (TPSA) is 108 Å². The number of nitrogens with one attached hydrogen (secondary N) is 3. The smallest absolute Gasteiger partial charge is 0.306 e. The van der Waals surface area contributed by atoms with E-state index in [2.05, 4.69) is 16.2 Å². The van der Waals surface area contributed by atoms with Crippen LogP contribution in [0.4, 0.5) is 0 Å². The number of carboxylic acid groups (broad SMARTS) is 1. The number of hydrogen-bond acceptors (Lipinski definition) is 4. The Morgan fingerprint density at radius 2 is 1.72 bits per heavy atom. The van der Waals surface area contributed by atoms with Gasteiger partial charge in [-0.05, 0) is 25.7 Å². The molecule has 0 radical (unpaired) electrons. The van der Waals surface area contributed by atoms with E-state index in [1.807, 2.05) is 0 Å². The Hall–Kier alpha value is -1.63. The van der Waals surface area contributed by atoms with Crippen LogP contribution >= 0.6 is 0 Å². The van der Waals surface area contributed by atoms with Gasteiger partial charge in [0.2, 0.25) is 5.91 Å². The predicted molar refractivity (Wildman–Crippen MR) is 63.3 cm³/mol. The Kier molecular flexibility index (Phi) is 5.57. The first-order valence-electron chi connectivity index (χ1n) is 6.00. The zero-order chi connectivity index (χ0) is 13.5. The molecule has 1 aliphatic rings. The Labute approximate surface area is 105 Å². The highest BCUT2D eigenvalue weighted by molar-refractivity contribution is 5.81. The summed E-state index contributed by atoms with van der Waals surface area (Å²) in [6.07, 6.45) is 2.79. The second-order valence-electron chi connectivity index (χ2n) is 4.50. The first-order valence-corrected chi connectivity index (χ1v) is 6.00. The summed E-state index contributed by atoms with van der Waals surface area (Å²) in [7, 11) is 0. The van der Waals surface area contributed by atoms with Crippen molar-refractivity contribution in [2.45, 2.75) is 38.6 Å². The van der Waals surface area contributed by atoms with Crippen LogP contribution in [0.5, 0.6) is 0 Å². The summed E-state index contributed by atoms with van der Waals surface area (Å²) in [5.41, 5.74) is 4.45. The monoisotopic (exact) mass is 257 g/mol. The third kappa shape index (κ3) is 5.13. The minimum atomic E-state index is -0.739. The van der Waals surface area contributed by atoms with Crippen molar-refractivity contribution in [1.29, 1.82) is 0 Å². The molecule has 7 heteroatoms. The average Bonchev–Trinajstić information content (AvgIpc) is 2.34. The summed E-state index contributed by atoms with van der Waals surface area (Å²) in [5.74, 6) is -1.64. The van der Waals surface area contributed by atoms with Gasteiger partial charge in [0.1, 0.15) is 0 Å².